The molecule has 60 heavy (non-hydrogen) atoms. The number of phenolic OH excluding ortho intramolecular Hbond substituents is 1. The molecule has 2 aromatic rings. The Labute approximate surface area is 372 Å². The van der Waals surface area contributed by atoms with Crippen LogP contribution in [-0.2, 0) is 5.41 Å². The Morgan fingerprint density at radius 2 is 0.950 bits per heavy atom. The molecule has 2 atom stereocenters. The van der Waals surface area contributed by atoms with Crippen molar-refractivity contribution in [1.29, 1.82) is 0 Å². The Balaban J connectivity index is 2.01. The van der Waals surface area contributed by atoms with E-state index in [0.29, 0.717) is 5.75 Å². The van der Waals surface area contributed by atoms with Gasteiger partial charge in [0.15, 0.2) is 0 Å². The summed E-state index contributed by atoms with van der Waals surface area (Å²) in [6, 6.07) is 11.5. The van der Waals surface area contributed by atoms with E-state index in [9.17, 15) is 5.11 Å². The molecule has 1 aliphatic rings. The highest BCUT2D eigenvalue weighted by atomic mass is 16.3. The van der Waals surface area contributed by atoms with Crippen molar-refractivity contribution in [2.45, 2.75) is 215 Å². The molecule has 0 saturated heterocycles. The lowest BCUT2D eigenvalue weighted by Gasteiger charge is -2.42. The molecule has 0 radical (unpaired) electrons. The van der Waals surface area contributed by atoms with Gasteiger partial charge in [-0.2, -0.15) is 0 Å². The zero-order valence-electron chi connectivity index (χ0n) is 41.2. The van der Waals surface area contributed by atoms with E-state index >= 15 is 0 Å². The van der Waals surface area contributed by atoms with Gasteiger partial charge in [0.05, 0.1) is 64.4 Å². The third-order valence-corrected chi connectivity index (χ3v) is 14.7. The van der Waals surface area contributed by atoms with Crippen LogP contribution in [0.2, 0.25) is 0 Å². The molecule has 1 fully saturated rings. The fourth-order valence-electron chi connectivity index (χ4n) is 10.4. The van der Waals surface area contributed by atoms with Gasteiger partial charge in [-0.05, 0) is 137 Å². The van der Waals surface area contributed by atoms with Crippen molar-refractivity contribution in [3.8, 4) is 5.75 Å². The number of rotatable bonds is 31. The monoisotopic (exact) mass is 829 g/mol. The largest absolute Gasteiger partial charge is 0.507 e. The van der Waals surface area contributed by atoms with Gasteiger partial charge in [0.1, 0.15) is 5.75 Å². The summed E-state index contributed by atoms with van der Waals surface area (Å²) in [5.74, 6) is 0.389. The number of hydrogen-bond donors (Lipinski definition) is 1. The van der Waals surface area contributed by atoms with E-state index in [0.717, 1.165) is 24.0 Å². The molecule has 0 aliphatic heterocycles. The predicted molar refractivity (Wildman–Crippen MR) is 265 cm³/mol. The Morgan fingerprint density at radius 1 is 0.567 bits per heavy atom. The van der Waals surface area contributed by atoms with Crippen LogP contribution < -0.4 is 0 Å². The van der Waals surface area contributed by atoms with Crippen LogP contribution in [0.4, 0.5) is 0 Å². The minimum atomic E-state index is 0.0238. The molecule has 5 heteroatoms. The van der Waals surface area contributed by atoms with E-state index in [1.54, 1.807) is 0 Å². The summed E-state index contributed by atoms with van der Waals surface area (Å²) >= 11 is 0. The van der Waals surface area contributed by atoms with E-state index in [2.05, 4.69) is 106 Å². The van der Waals surface area contributed by atoms with E-state index in [1.807, 2.05) is 6.21 Å². The molecule has 0 spiro atoms. The van der Waals surface area contributed by atoms with Gasteiger partial charge >= 0.3 is 0 Å². The van der Waals surface area contributed by atoms with Gasteiger partial charge in [0, 0.05) is 18.0 Å². The third kappa shape index (κ3) is 16.3. The first kappa shape index (κ1) is 51.8. The second-order valence-electron chi connectivity index (χ2n) is 19.9. The Bertz CT molecular complexity index is 1440. The normalized spacial score (nSPS) is 16.8. The number of aliphatic imine (C=N–C) groups is 2. The maximum atomic E-state index is 11.6. The molecule has 0 aromatic heterocycles. The first-order valence-electron chi connectivity index (χ1n) is 25.6. The van der Waals surface area contributed by atoms with Crippen LogP contribution in [-0.4, -0.2) is 90.9 Å². The van der Waals surface area contributed by atoms with E-state index < -0.39 is 0 Å². The van der Waals surface area contributed by atoms with Crippen molar-refractivity contribution in [2.75, 3.05) is 52.4 Å². The average Bonchev–Trinajstić information content (AvgIpc) is 3.25. The van der Waals surface area contributed by atoms with Crippen molar-refractivity contribution in [3.05, 3.63) is 63.7 Å². The van der Waals surface area contributed by atoms with Gasteiger partial charge in [-0.3, -0.25) is 9.98 Å². The average molecular weight is 829 g/mol. The minimum absolute atomic E-state index is 0.0238. The van der Waals surface area contributed by atoms with Gasteiger partial charge < -0.3 is 14.1 Å². The van der Waals surface area contributed by atoms with Crippen molar-refractivity contribution in [3.63, 3.8) is 0 Å². The van der Waals surface area contributed by atoms with Gasteiger partial charge in [0.2, 0.25) is 0 Å². The first-order valence-corrected chi connectivity index (χ1v) is 25.6. The smallest absolute Gasteiger partial charge is 0.127 e. The van der Waals surface area contributed by atoms with Crippen molar-refractivity contribution in [2.24, 2.45) is 9.98 Å². The molecule has 1 aliphatic carbocycles. The molecule has 0 heterocycles. The lowest BCUT2D eigenvalue weighted by molar-refractivity contribution is -0.929. The van der Waals surface area contributed by atoms with E-state index in [-0.39, 0.29) is 17.5 Å². The molecule has 1 N–H and O–H groups in total. The van der Waals surface area contributed by atoms with Crippen molar-refractivity contribution in [1.82, 2.24) is 0 Å². The minimum Gasteiger partial charge on any atom is -0.507 e. The van der Waals surface area contributed by atoms with Crippen molar-refractivity contribution < 1.29 is 14.1 Å². The molecule has 0 unspecified atom stereocenters. The standard InChI is InChI=1S/C55H95N4O/c1-11-17-34-58(35-18-12-2,36-19-13-3)40-26-32-55(10,33-27-41-59(37-20-14-4,38-21-15-5)39-22-16-6)50-42-48(9)54(60)49(43-50)44-56-52-30-23-24-31-53(52)57-45-51-46(7)28-25-29-47(51)8/h25,28-29,42-45,52-53H,11-24,26-27,30-41H2,1-10H3/q+1/p+1/t52-,53-/m0/s1. The highest BCUT2D eigenvalue weighted by Crippen LogP contribution is 2.39. The molecule has 5 nitrogen and oxygen atoms in total. The predicted octanol–water partition coefficient (Wildman–Crippen LogP) is 14.4. The number of quaternary nitrogens is 2. The summed E-state index contributed by atoms with van der Waals surface area (Å²) in [5, 5.41) is 11.6. The summed E-state index contributed by atoms with van der Waals surface area (Å²) in [6.45, 7) is 33.8. The molecule has 2 aromatic carbocycles. The number of aromatic hydroxyl groups is 1. The van der Waals surface area contributed by atoms with Crippen LogP contribution in [0.3, 0.4) is 0 Å². The second kappa shape index (κ2) is 27.5. The van der Waals surface area contributed by atoms with E-state index in [4.69, 9.17) is 9.98 Å². The lowest BCUT2D eigenvalue weighted by atomic mass is 9.73. The maximum Gasteiger partial charge on any atom is 0.127 e. The lowest BCUT2D eigenvalue weighted by Crippen LogP contribution is -2.51. The summed E-state index contributed by atoms with van der Waals surface area (Å²) in [7, 11) is 0. The van der Waals surface area contributed by atoms with Crippen LogP contribution in [0.25, 0.3) is 0 Å². The Morgan fingerprint density at radius 3 is 1.35 bits per heavy atom. The first-order chi connectivity index (χ1) is 28.9. The van der Waals surface area contributed by atoms with Gasteiger partial charge in [0.25, 0.3) is 0 Å². The fourth-order valence-corrected chi connectivity index (χ4v) is 10.4. The van der Waals surface area contributed by atoms with Crippen molar-refractivity contribution >= 4 is 12.4 Å². The molecule has 0 bridgehead atoms. The van der Waals surface area contributed by atoms with Gasteiger partial charge in [-0.25, -0.2) is 0 Å². The quantitative estimate of drug-likeness (QED) is 0.0597. The summed E-state index contributed by atoms with van der Waals surface area (Å²) in [6.07, 6.45) is 29.2. The summed E-state index contributed by atoms with van der Waals surface area (Å²) < 4.78 is 2.61. The number of unbranched alkanes of at least 4 members (excludes halogenated alkanes) is 6. The van der Waals surface area contributed by atoms with Gasteiger partial charge in [-0.1, -0.05) is 124 Å². The maximum absolute atomic E-state index is 11.6. The molecule has 3 rings (SSSR count). The third-order valence-electron chi connectivity index (χ3n) is 14.7. The van der Waals surface area contributed by atoms with Crippen LogP contribution in [0, 0.1) is 20.8 Å². The second-order valence-corrected chi connectivity index (χ2v) is 19.9. The molecule has 1 saturated carbocycles. The highest BCUT2D eigenvalue weighted by Gasteiger charge is 2.33. The van der Waals surface area contributed by atoms with Crippen LogP contribution >= 0.6 is 0 Å². The number of phenols is 1. The number of benzene rings is 2. The molecule has 0 amide bonds. The highest BCUT2D eigenvalue weighted by molar-refractivity contribution is 5.85. The number of aryl methyl sites for hydroxylation is 3. The van der Waals surface area contributed by atoms with Crippen LogP contribution in [0.15, 0.2) is 40.3 Å². The number of nitrogens with zero attached hydrogens (tertiary/aromatic N) is 4. The SMILES string of the molecule is CCCC[N+](CCCC)(CCCC)CCCC(C)(CCC[N+](CCCC)(CCCC)CCCC)c1cc(C)c(O)c(C=N[C@H]2CCCC[C@@H]2N=Cc2c(C)cccc2C)c1. The van der Waals surface area contributed by atoms with E-state index in [1.165, 1.54) is 199 Å². The fraction of sp³-hybridized carbons (Fsp3) is 0.745. The Hall–Kier alpha value is -2.50. The molecular weight excluding hydrogens is 733 g/mol. The number of hydrogen-bond acceptors (Lipinski definition) is 3. The molecular formula is C55H96N4O+2. The zero-order chi connectivity index (χ0) is 43.9. The molecule has 340 valence electrons. The summed E-state index contributed by atoms with van der Waals surface area (Å²) in [4.78, 5) is 10.5. The van der Waals surface area contributed by atoms with Crippen LogP contribution in [0.1, 0.15) is 210 Å². The van der Waals surface area contributed by atoms with Gasteiger partial charge in [-0.15, -0.1) is 0 Å². The summed E-state index contributed by atoms with van der Waals surface area (Å²) in [5.41, 5.74) is 7.07. The zero-order valence-corrected chi connectivity index (χ0v) is 41.2. The Kier molecular flexibility index (Phi) is 23.8. The van der Waals surface area contributed by atoms with Crippen LogP contribution in [0.5, 0.6) is 5.75 Å². The topological polar surface area (TPSA) is 45.0 Å².